The molecule has 3 atom stereocenters. The summed E-state index contributed by atoms with van der Waals surface area (Å²) in [6.45, 7) is 4.30. The molecule has 1 aliphatic rings. The van der Waals surface area contributed by atoms with E-state index in [0.29, 0.717) is 16.9 Å². The van der Waals surface area contributed by atoms with Crippen LogP contribution in [0.25, 0.3) is 0 Å². The van der Waals surface area contributed by atoms with Crippen molar-refractivity contribution in [2.75, 3.05) is 0 Å². The summed E-state index contributed by atoms with van der Waals surface area (Å²) in [4.78, 5) is 12.0. The lowest BCUT2D eigenvalue weighted by molar-refractivity contribution is 0.0923. The number of halogens is 2. The minimum Gasteiger partial charge on any atom is -0.349 e. The van der Waals surface area contributed by atoms with Crippen LogP contribution in [0.3, 0.4) is 0 Å². The molecule has 1 saturated carbocycles. The van der Waals surface area contributed by atoms with E-state index in [1.807, 2.05) is 0 Å². The lowest BCUT2D eigenvalue weighted by Crippen LogP contribution is -2.37. The minimum absolute atomic E-state index is 0.0225. The summed E-state index contributed by atoms with van der Waals surface area (Å²) in [6.07, 6.45) is 2.06. The molecule has 4 heteroatoms. The first kappa shape index (κ1) is 13.3. The van der Waals surface area contributed by atoms with Crippen LogP contribution in [0.15, 0.2) is 18.2 Å². The number of amides is 1. The maximum absolute atomic E-state index is 13.5. The summed E-state index contributed by atoms with van der Waals surface area (Å²) in [6, 6.07) is 4.16. The first-order chi connectivity index (χ1) is 8.49. The molecule has 3 unspecified atom stereocenters. The van der Waals surface area contributed by atoms with E-state index in [1.165, 1.54) is 18.2 Å². The van der Waals surface area contributed by atoms with Crippen molar-refractivity contribution in [2.24, 2.45) is 11.8 Å². The Morgan fingerprint density at radius 3 is 2.72 bits per heavy atom. The van der Waals surface area contributed by atoms with Crippen molar-refractivity contribution in [3.63, 3.8) is 0 Å². The molecule has 0 heterocycles. The summed E-state index contributed by atoms with van der Waals surface area (Å²) < 4.78 is 13.5. The third kappa shape index (κ3) is 2.66. The van der Waals surface area contributed by atoms with Gasteiger partial charge in [0.15, 0.2) is 0 Å². The Hall–Kier alpha value is -1.09. The van der Waals surface area contributed by atoms with Gasteiger partial charge in [-0.05, 0) is 42.9 Å². The molecule has 1 aromatic carbocycles. The predicted octanol–water partition coefficient (Wildman–Crippen LogP) is 3.64. The van der Waals surface area contributed by atoms with Gasteiger partial charge in [-0.2, -0.15) is 0 Å². The van der Waals surface area contributed by atoms with E-state index in [-0.39, 0.29) is 17.5 Å². The van der Waals surface area contributed by atoms with Gasteiger partial charge in [-0.15, -0.1) is 0 Å². The standard InChI is InChI=1S/C14H17ClFNO/c1-8-3-6-13(9(8)2)17-14(18)11-7-10(15)4-5-12(11)16/h4-5,7-9,13H,3,6H2,1-2H3,(H,17,18). The highest BCUT2D eigenvalue weighted by Gasteiger charge is 2.31. The second kappa shape index (κ2) is 5.27. The van der Waals surface area contributed by atoms with Crippen LogP contribution in [0.1, 0.15) is 37.0 Å². The molecule has 0 radical (unpaired) electrons. The van der Waals surface area contributed by atoms with Crippen LogP contribution in [0.5, 0.6) is 0 Å². The molecular weight excluding hydrogens is 253 g/mol. The van der Waals surface area contributed by atoms with Crippen LogP contribution < -0.4 is 5.32 Å². The van der Waals surface area contributed by atoms with Gasteiger partial charge < -0.3 is 5.32 Å². The molecule has 0 aromatic heterocycles. The highest BCUT2D eigenvalue weighted by atomic mass is 35.5. The largest absolute Gasteiger partial charge is 0.349 e. The lowest BCUT2D eigenvalue weighted by Gasteiger charge is -2.19. The van der Waals surface area contributed by atoms with E-state index >= 15 is 0 Å². The molecule has 2 rings (SSSR count). The second-order valence-corrected chi connectivity index (χ2v) is 5.55. The monoisotopic (exact) mass is 269 g/mol. The molecule has 0 aliphatic heterocycles. The average Bonchev–Trinajstić information content (AvgIpc) is 2.64. The van der Waals surface area contributed by atoms with E-state index in [4.69, 9.17) is 11.6 Å². The Bertz CT molecular complexity index is 463. The van der Waals surface area contributed by atoms with Gasteiger partial charge in [0.25, 0.3) is 5.91 Å². The van der Waals surface area contributed by atoms with Crippen LogP contribution in [0.4, 0.5) is 4.39 Å². The quantitative estimate of drug-likeness (QED) is 0.873. The highest BCUT2D eigenvalue weighted by Crippen LogP contribution is 2.31. The number of nitrogens with one attached hydrogen (secondary N) is 1. The lowest BCUT2D eigenvalue weighted by atomic mass is 9.97. The zero-order valence-electron chi connectivity index (χ0n) is 10.5. The van der Waals surface area contributed by atoms with Crippen LogP contribution in [-0.4, -0.2) is 11.9 Å². The average molecular weight is 270 g/mol. The molecule has 98 valence electrons. The van der Waals surface area contributed by atoms with Gasteiger partial charge in [-0.1, -0.05) is 25.4 Å². The number of benzene rings is 1. The number of carbonyl (C=O) groups excluding carboxylic acids is 1. The summed E-state index contributed by atoms with van der Waals surface area (Å²) >= 11 is 5.78. The minimum atomic E-state index is -0.532. The van der Waals surface area contributed by atoms with Crippen molar-refractivity contribution >= 4 is 17.5 Å². The zero-order valence-corrected chi connectivity index (χ0v) is 11.3. The fraction of sp³-hybridized carbons (Fsp3) is 0.500. The zero-order chi connectivity index (χ0) is 13.3. The number of rotatable bonds is 2. The van der Waals surface area contributed by atoms with E-state index in [0.717, 1.165) is 12.8 Å². The Balaban J connectivity index is 2.10. The van der Waals surface area contributed by atoms with Crippen molar-refractivity contribution in [3.05, 3.63) is 34.6 Å². The van der Waals surface area contributed by atoms with Gasteiger partial charge >= 0.3 is 0 Å². The molecule has 0 saturated heterocycles. The van der Waals surface area contributed by atoms with Gasteiger partial charge in [0.2, 0.25) is 0 Å². The maximum Gasteiger partial charge on any atom is 0.254 e. The highest BCUT2D eigenvalue weighted by molar-refractivity contribution is 6.31. The van der Waals surface area contributed by atoms with E-state index in [2.05, 4.69) is 19.2 Å². The van der Waals surface area contributed by atoms with Crippen molar-refractivity contribution in [2.45, 2.75) is 32.7 Å². The number of carbonyl (C=O) groups is 1. The Kier molecular flexibility index (Phi) is 3.91. The van der Waals surface area contributed by atoms with Crippen molar-refractivity contribution in [3.8, 4) is 0 Å². The second-order valence-electron chi connectivity index (χ2n) is 5.12. The normalized spacial score (nSPS) is 27.2. The van der Waals surface area contributed by atoms with Gasteiger partial charge in [0, 0.05) is 11.1 Å². The first-order valence-corrected chi connectivity index (χ1v) is 6.62. The molecular formula is C14H17ClFNO. The number of hydrogen-bond acceptors (Lipinski definition) is 1. The predicted molar refractivity (Wildman–Crippen MR) is 70.2 cm³/mol. The first-order valence-electron chi connectivity index (χ1n) is 6.25. The summed E-state index contributed by atoms with van der Waals surface area (Å²) in [5.74, 6) is 0.118. The molecule has 0 bridgehead atoms. The Labute approximate surface area is 112 Å². The van der Waals surface area contributed by atoms with Crippen molar-refractivity contribution < 1.29 is 9.18 Å². The van der Waals surface area contributed by atoms with Crippen molar-refractivity contribution in [1.82, 2.24) is 5.32 Å². The fourth-order valence-electron chi connectivity index (χ4n) is 2.49. The topological polar surface area (TPSA) is 29.1 Å². The molecule has 1 aromatic rings. The molecule has 1 fully saturated rings. The molecule has 0 spiro atoms. The number of hydrogen-bond donors (Lipinski definition) is 1. The Morgan fingerprint density at radius 2 is 2.11 bits per heavy atom. The third-order valence-corrected chi connectivity index (χ3v) is 4.19. The van der Waals surface area contributed by atoms with Gasteiger partial charge in [0.1, 0.15) is 5.82 Å². The van der Waals surface area contributed by atoms with E-state index in [1.54, 1.807) is 0 Å². The molecule has 1 amide bonds. The summed E-state index contributed by atoms with van der Waals surface area (Å²) in [5, 5.41) is 3.28. The fourth-order valence-corrected chi connectivity index (χ4v) is 2.66. The summed E-state index contributed by atoms with van der Waals surface area (Å²) in [5.41, 5.74) is 0.0225. The third-order valence-electron chi connectivity index (χ3n) is 3.95. The Morgan fingerprint density at radius 1 is 1.39 bits per heavy atom. The van der Waals surface area contributed by atoms with Crippen molar-refractivity contribution in [1.29, 1.82) is 0 Å². The molecule has 1 N–H and O–H groups in total. The SMILES string of the molecule is CC1CCC(NC(=O)c2cc(Cl)ccc2F)C1C. The van der Waals surface area contributed by atoms with Gasteiger partial charge in [-0.25, -0.2) is 4.39 Å². The van der Waals surface area contributed by atoms with Crippen LogP contribution >= 0.6 is 11.6 Å². The van der Waals surface area contributed by atoms with Crippen LogP contribution in [0.2, 0.25) is 5.02 Å². The molecule has 18 heavy (non-hydrogen) atoms. The van der Waals surface area contributed by atoms with E-state index < -0.39 is 5.82 Å². The van der Waals surface area contributed by atoms with E-state index in [9.17, 15) is 9.18 Å². The molecule has 1 aliphatic carbocycles. The van der Waals surface area contributed by atoms with Gasteiger partial charge in [0.05, 0.1) is 5.56 Å². The maximum atomic E-state index is 13.5. The van der Waals surface area contributed by atoms with Crippen LogP contribution in [0, 0.1) is 17.7 Å². The summed E-state index contributed by atoms with van der Waals surface area (Å²) in [7, 11) is 0. The van der Waals surface area contributed by atoms with Gasteiger partial charge in [-0.3, -0.25) is 4.79 Å². The molecule has 2 nitrogen and oxygen atoms in total. The van der Waals surface area contributed by atoms with Crippen LogP contribution in [-0.2, 0) is 0 Å². The smallest absolute Gasteiger partial charge is 0.254 e.